The van der Waals surface area contributed by atoms with E-state index in [0.717, 1.165) is 34.6 Å². The zero-order valence-corrected chi connectivity index (χ0v) is 23.4. The first-order valence-electron chi connectivity index (χ1n) is 13.3. The molecule has 0 atom stereocenters. The Hall–Kier alpha value is -4.60. The summed E-state index contributed by atoms with van der Waals surface area (Å²) in [6.07, 6.45) is -6.79. The highest BCUT2D eigenvalue weighted by Crippen LogP contribution is 2.39. The molecule has 9 nitrogen and oxygen atoms in total. The molecular weight excluding hydrogens is 610 g/mol. The van der Waals surface area contributed by atoms with Crippen molar-refractivity contribution in [2.24, 2.45) is 0 Å². The average Bonchev–Trinajstić information content (AvgIpc) is 3.73. The van der Waals surface area contributed by atoms with Crippen LogP contribution in [0.4, 0.5) is 32.2 Å². The Kier molecular flexibility index (Phi) is 7.92. The molecule has 5 aromatic rings. The van der Waals surface area contributed by atoms with Gasteiger partial charge in [-0.3, -0.25) is 0 Å². The van der Waals surface area contributed by atoms with Crippen LogP contribution in [0.2, 0.25) is 0 Å². The number of aromatic nitrogens is 7. The highest BCUT2D eigenvalue weighted by atomic mass is 32.1. The molecule has 0 unspecified atom stereocenters. The van der Waals surface area contributed by atoms with Gasteiger partial charge >= 0.3 is 12.4 Å². The predicted octanol–water partition coefficient (Wildman–Crippen LogP) is 6.58. The summed E-state index contributed by atoms with van der Waals surface area (Å²) in [5.74, 6) is 1.04. The van der Waals surface area contributed by atoms with Crippen molar-refractivity contribution in [1.29, 1.82) is 0 Å². The minimum Gasteiger partial charge on any atom is -0.487 e. The molecule has 5 heterocycles. The number of pyridine rings is 2. The smallest absolute Gasteiger partial charge is 0.433 e. The van der Waals surface area contributed by atoms with Crippen LogP contribution in [-0.4, -0.2) is 48.2 Å². The molecule has 0 aliphatic carbocycles. The Morgan fingerprint density at radius 1 is 0.864 bits per heavy atom. The van der Waals surface area contributed by atoms with E-state index in [-0.39, 0.29) is 18.3 Å². The number of tetrazole rings is 1. The number of benzene rings is 1. The lowest BCUT2D eigenvalue weighted by Gasteiger charge is -2.32. The van der Waals surface area contributed by atoms with E-state index in [1.54, 1.807) is 0 Å². The fourth-order valence-corrected chi connectivity index (χ4v) is 5.81. The molecular formula is C28H22F6N8OS. The first-order chi connectivity index (χ1) is 21.0. The van der Waals surface area contributed by atoms with Gasteiger partial charge in [-0.15, -0.1) is 16.4 Å². The van der Waals surface area contributed by atoms with E-state index in [0.29, 0.717) is 37.7 Å². The standard InChI is InChI=1S/C28H22F6N8OS/c29-27(30,31)21-8-9-24(38-25(21)22-2-1-3-23(37-22)28(32,33)34)41-12-10-17(11-13-41)26-36-18(15-44-26)14-43-20-6-4-19(5-7-20)42-16-35-39-40-42/h1-9,15-17H,10-14H2. The van der Waals surface area contributed by atoms with Crippen molar-refractivity contribution in [3.8, 4) is 22.8 Å². The summed E-state index contributed by atoms with van der Waals surface area (Å²) in [5.41, 5.74) is -2.01. The molecule has 4 aromatic heterocycles. The molecule has 1 saturated heterocycles. The van der Waals surface area contributed by atoms with Crippen LogP contribution in [0.15, 0.2) is 66.3 Å². The van der Waals surface area contributed by atoms with Crippen LogP contribution in [0.5, 0.6) is 5.75 Å². The molecule has 1 aromatic carbocycles. The van der Waals surface area contributed by atoms with Gasteiger partial charge in [0.05, 0.1) is 27.6 Å². The van der Waals surface area contributed by atoms with Gasteiger partial charge in [0.15, 0.2) is 0 Å². The summed E-state index contributed by atoms with van der Waals surface area (Å²) in [7, 11) is 0. The minimum atomic E-state index is -4.82. The number of rotatable bonds is 7. The lowest BCUT2D eigenvalue weighted by atomic mass is 9.97. The Bertz CT molecular complexity index is 1720. The lowest BCUT2D eigenvalue weighted by molar-refractivity contribution is -0.141. The Balaban J connectivity index is 1.10. The number of hydrogen-bond donors (Lipinski definition) is 0. The van der Waals surface area contributed by atoms with Crippen LogP contribution in [0.3, 0.4) is 0 Å². The van der Waals surface area contributed by atoms with Crippen molar-refractivity contribution in [3.05, 3.63) is 88.3 Å². The fraction of sp³-hybridized carbons (Fsp3) is 0.286. The largest absolute Gasteiger partial charge is 0.487 e. The van der Waals surface area contributed by atoms with Crippen LogP contribution in [0.25, 0.3) is 17.1 Å². The third-order valence-electron chi connectivity index (χ3n) is 7.04. The Labute approximate surface area is 250 Å². The van der Waals surface area contributed by atoms with Crippen molar-refractivity contribution < 1.29 is 31.1 Å². The summed E-state index contributed by atoms with van der Waals surface area (Å²) in [6, 6.07) is 12.2. The summed E-state index contributed by atoms with van der Waals surface area (Å²) in [5, 5.41) is 13.9. The zero-order chi connectivity index (χ0) is 30.9. The van der Waals surface area contributed by atoms with Gasteiger partial charge in [-0.2, -0.15) is 26.3 Å². The molecule has 1 aliphatic heterocycles. The highest BCUT2D eigenvalue weighted by molar-refractivity contribution is 7.09. The molecule has 0 radical (unpaired) electrons. The van der Waals surface area contributed by atoms with Crippen molar-refractivity contribution in [2.45, 2.75) is 37.7 Å². The number of hydrogen-bond acceptors (Lipinski definition) is 9. The third kappa shape index (κ3) is 6.49. The maximum Gasteiger partial charge on any atom is 0.433 e. The first-order valence-corrected chi connectivity index (χ1v) is 14.2. The zero-order valence-electron chi connectivity index (χ0n) is 22.6. The number of alkyl halides is 6. The maximum atomic E-state index is 13.8. The highest BCUT2D eigenvalue weighted by Gasteiger charge is 2.37. The van der Waals surface area contributed by atoms with Gasteiger partial charge in [0.2, 0.25) is 0 Å². The van der Waals surface area contributed by atoms with Crippen molar-refractivity contribution >= 4 is 17.2 Å². The van der Waals surface area contributed by atoms with E-state index in [4.69, 9.17) is 9.72 Å². The summed E-state index contributed by atoms with van der Waals surface area (Å²) < 4.78 is 88.4. The quantitative estimate of drug-likeness (QED) is 0.186. The molecule has 16 heteroatoms. The van der Waals surface area contributed by atoms with Gasteiger partial charge in [-0.1, -0.05) is 6.07 Å². The molecule has 0 spiro atoms. The van der Waals surface area contributed by atoms with E-state index >= 15 is 0 Å². The molecule has 1 fully saturated rings. The van der Waals surface area contributed by atoms with Gasteiger partial charge in [-0.25, -0.2) is 19.6 Å². The Morgan fingerprint density at radius 2 is 1.64 bits per heavy atom. The van der Waals surface area contributed by atoms with Crippen LogP contribution >= 0.6 is 11.3 Å². The molecule has 44 heavy (non-hydrogen) atoms. The molecule has 0 N–H and O–H groups in total. The number of anilines is 1. The van der Waals surface area contributed by atoms with Gasteiger partial charge in [0.25, 0.3) is 0 Å². The number of piperidine rings is 1. The second-order valence-electron chi connectivity index (χ2n) is 9.94. The van der Waals surface area contributed by atoms with Crippen LogP contribution < -0.4 is 9.64 Å². The predicted molar refractivity (Wildman–Crippen MR) is 147 cm³/mol. The van der Waals surface area contributed by atoms with E-state index in [1.807, 2.05) is 34.5 Å². The van der Waals surface area contributed by atoms with Crippen molar-refractivity contribution in [3.63, 3.8) is 0 Å². The molecule has 0 amide bonds. The second-order valence-corrected chi connectivity index (χ2v) is 10.8. The number of halogens is 6. The molecule has 228 valence electrons. The maximum absolute atomic E-state index is 13.8. The monoisotopic (exact) mass is 632 g/mol. The number of thiazole rings is 1. The first kappa shape index (κ1) is 29.5. The molecule has 6 rings (SSSR count). The van der Waals surface area contributed by atoms with E-state index in [2.05, 4.69) is 25.5 Å². The topological polar surface area (TPSA) is 94.7 Å². The third-order valence-corrected chi connectivity index (χ3v) is 8.10. The lowest BCUT2D eigenvalue weighted by Crippen LogP contribution is -2.33. The van der Waals surface area contributed by atoms with Crippen LogP contribution in [0, 0.1) is 0 Å². The van der Waals surface area contributed by atoms with Crippen LogP contribution in [0.1, 0.15) is 40.7 Å². The molecule has 0 bridgehead atoms. The van der Waals surface area contributed by atoms with Crippen molar-refractivity contribution in [1.82, 2.24) is 35.2 Å². The fourth-order valence-electron chi connectivity index (χ4n) is 4.84. The van der Waals surface area contributed by atoms with Crippen molar-refractivity contribution in [2.75, 3.05) is 18.0 Å². The van der Waals surface area contributed by atoms with Gasteiger partial charge in [-0.05, 0) is 71.8 Å². The number of ether oxygens (including phenoxy) is 1. The van der Waals surface area contributed by atoms with Gasteiger partial charge < -0.3 is 9.64 Å². The minimum absolute atomic E-state index is 0.139. The molecule has 0 saturated carbocycles. The van der Waals surface area contributed by atoms with E-state index < -0.39 is 35.0 Å². The normalized spacial score (nSPS) is 14.6. The Morgan fingerprint density at radius 3 is 2.32 bits per heavy atom. The summed E-state index contributed by atoms with van der Waals surface area (Å²) in [4.78, 5) is 14.2. The summed E-state index contributed by atoms with van der Waals surface area (Å²) in [6.45, 7) is 1.25. The van der Waals surface area contributed by atoms with Crippen LogP contribution in [-0.2, 0) is 19.0 Å². The number of nitrogens with zero attached hydrogens (tertiary/aromatic N) is 8. The summed E-state index contributed by atoms with van der Waals surface area (Å²) >= 11 is 1.52. The van der Waals surface area contributed by atoms with E-state index in [1.165, 1.54) is 28.4 Å². The SMILES string of the molecule is FC(F)(F)c1cccc(-c2nc(N3CCC(c4nc(COc5ccc(-n6cnnn6)cc5)cs4)CC3)ccc2C(F)(F)F)n1. The molecule has 1 aliphatic rings. The van der Waals surface area contributed by atoms with Gasteiger partial charge in [0, 0.05) is 24.4 Å². The van der Waals surface area contributed by atoms with E-state index in [9.17, 15) is 26.3 Å². The average molecular weight is 633 g/mol. The second kappa shape index (κ2) is 11.8. The van der Waals surface area contributed by atoms with Gasteiger partial charge in [0.1, 0.15) is 35.9 Å².